The molecular weight excluding hydrogens is 529 g/mol. The predicted molar refractivity (Wildman–Crippen MR) is 142 cm³/mol. The molecule has 0 spiro atoms. The quantitative estimate of drug-likeness (QED) is 0.237. The maximum Gasteiger partial charge on any atom is 0.339 e. The van der Waals surface area contributed by atoms with Crippen LogP contribution in [0.5, 0.6) is 5.75 Å². The van der Waals surface area contributed by atoms with Gasteiger partial charge in [0.05, 0.1) is 16.6 Å². The Morgan fingerprint density at radius 2 is 1.85 bits per heavy atom. The van der Waals surface area contributed by atoms with Gasteiger partial charge in [0.25, 0.3) is 5.91 Å². The maximum atomic E-state index is 13.5. The number of carboxylic acid groups (broad SMARTS) is 1. The number of aryl methyl sites for hydroxylation is 1. The van der Waals surface area contributed by atoms with Gasteiger partial charge in [0.15, 0.2) is 0 Å². The first-order chi connectivity index (χ1) is 18.6. The molecular formula is C27H26FN3O7S. The molecule has 2 heterocycles. The van der Waals surface area contributed by atoms with Crippen molar-refractivity contribution in [3.8, 4) is 17.1 Å². The lowest BCUT2D eigenvalue weighted by molar-refractivity contribution is 0.0692. The summed E-state index contributed by atoms with van der Waals surface area (Å²) >= 11 is 0. The summed E-state index contributed by atoms with van der Waals surface area (Å²) in [4.78, 5) is 28.5. The molecule has 2 aromatic carbocycles. The largest absolute Gasteiger partial charge is 0.491 e. The first-order valence-corrected chi connectivity index (χ1v) is 13.6. The number of furan rings is 1. The van der Waals surface area contributed by atoms with E-state index in [1.807, 2.05) is 6.92 Å². The maximum absolute atomic E-state index is 13.5. The number of carbonyl (C=O) groups is 2. The van der Waals surface area contributed by atoms with Crippen molar-refractivity contribution < 1.29 is 36.7 Å². The Bertz CT molecular complexity index is 1630. The Morgan fingerprint density at radius 1 is 1.13 bits per heavy atom. The lowest BCUT2D eigenvalue weighted by Crippen LogP contribution is -2.30. The van der Waals surface area contributed by atoms with Crippen LogP contribution in [0, 0.1) is 5.82 Å². The number of halogens is 1. The van der Waals surface area contributed by atoms with E-state index in [0.717, 1.165) is 0 Å². The van der Waals surface area contributed by atoms with E-state index >= 15 is 0 Å². The van der Waals surface area contributed by atoms with Crippen molar-refractivity contribution in [2.75, 3.05) is 20.2 Å². The van der Waals surface area contributed by atoms with Gasteiger partial charge in [0.2, 0.25) is 15.7 Å². The summed E-state index contributed by atoms with van der Waals surface area (Å²) in [6.07, 6.45) is 0.438. The molecule has 0 aliphatic heterocycles. The van der Waals surface area contributed by atoms with E-state index in [0.29, 0.717) is 22.9 Å². The van der Waals surface area contributed by atoms with Crippen LogP contribution in [-0.4, -0.2) is 50.6 Å². The number of carbonyl (C=O) groups excluding carboxylic acids is 1. The molecule has 1 amide bonds. The standard InChI is InChI=1S/C27H26FN3O7S/c1-3-16-14-20-23(25(32)29-2)24(17-8-10-18(28)11-9-17)38-26(20)31-21(16)15-39(35,36)30-12-13-37-22-7-5-4-6-19(22)27(33)34/h4-11,14,30H,3,12-13,15H2,1-2H3,(H,29,32)(H,33,34). The van der Waals surface area contributed by atoms with E-state index in [2.05, 4.69) is 15.0 Å². The molecule has 4 rings (SSSR count). The average molecular weight is 556 g/mol. The van der Waals surface area contributed by atoms with Crippen molar-refractivity contribution in [1.82, 2.24) is 15.0 Å². The van der Waals surface area contributed by atoms with Gasteiger partial charge in [0, 0.05) is 19.2 Å². The van der Waals surface area contributed by atoms with Gasteiger partial charge in [-0.2, -0.15) is 0 Å². The summed E-state index contributed by atoms with van der Waals surface area (Å²) in [6, 6.07) is 13.2. The van der Waals surface area contributed by atoms with Gasteiger partial charge in [-0.15, -0.1) is 0 Å². The number of sulfonamides is 1. The smallest absolute Gasteiger partial charge is 0.339 e. The zero-order valence-electron chi connectivity index (χ0n) is 21.2. The number of amides is 1. The minimum atomic E-state index is -3.87. The highest BCUT2D eigenvalue weighted by atomic mass is 32.2. The number of hydrogen-bond acceptors (Lipinski definition) is 7. The summed E-state index contributed by atoms with van der Waals surface area (Å²) in [5.41, 5.74) is 1.58. The number of nitrogens with zero attached hydrogens (tertiary/aromatic N) is 1. The van der Waals surface area contributed by atoms with Crippen LogP contribution < -0.4 is 14.8 Å². The fraction of sp³-hybridized carbons (Fsp3) is 0.222. The van der Waals surface area contributed by atoms with Crippen LogP contribution in [0.1, 0.15) is 38.9 Å². The van der Waals surface area contributed by atoms with Crippen LogP contribution in [0.25, 0.3) is 22.4 Å². The fourth-order valence-electron chi connectivity index (χ4n) is 4.05. The number of aromatic nitrogens is 1. The summed E-state index contributed by atoms with van der Waals surface area (Å²) in [7, 11) is -2.40. The van der Waals surface area contributed by atoms with Crippen molar-refractivity contribution in [3.63, 3.8) is 0 Å². The minimum absolute atomic E-state index is 0.0278. The van der Waals surface area contributed by atoms with Crippen LogP contribution in [-0.2, 0) is 22.2 Å². The van der Waals surface area contributed by atoms with Gasteiger partial charge in [-0.3, -0.25) is 4.79 Å². The van der Waals surface area contributed by atoms with E-state index in [-0.39, 0.29) is 47.2 Å². The van der Waals surface area contributed by atoms with Gasteiger partial charge in [-0.25, -0.2) is 27.3 Å². The van der Waals surface area contributed by atoms with Gasteiger partial charge < -0.3 is 19.6 Å². The molecule has 0 bridgehead atoms. The number of hydrogen-bond donors (Lipinski definition) is 3. The second-order valence-electron chi connectivity index (χ2n) is 8.50. The van der Waals surface area contributed by atoms with Crippen molar-refractivity contribution in [3.05, 3.63) is 82.8 Å². The lowest BCUT2D eigenvalue weighted by atomic mass is 10.0. The van der Waals surface area contributed by atoms with Crippen LogP contribution >= 0.6 is 0 Å². The van der Waals surface area contributed by atoms with Crippen molar-refractivity contribution in [2.24, 2.45) is 0 Å². The SMILES string of the molecule is CCc1cc2c(C(=O)NC)c(-c3ccc(F)cc3)oc2nc1CS(=O)(=O)NCCOc1ccccc1C(=O)O. The van der Waals surface area contributed by atoms with Gasteiger partial charge in [-0.05, 0) is 54.4 Å². The molecule has 39 heavy (non-hydrogen) atoms. The molecule has 0 radical (unpaired) electrons. The highest BCUT2D eigenvalue weighted by molar-refractivity contribution is 7.88. The van der Waals surface area contributed by atoms with Crippen LogP contribution in [0.2, 0.25) is 0 Å². The van der Waals surface area contributed by atoms with E-state index < -0.39 is 33.5 Å². The predicted octanol–water partition coefficient (Wildman–Crippen LogP) is 3.75. The van der Waals surface area contributed by atoms with E-state index in [1.54, 1.807) is 18.2 Å². The number of fused-ring (bicyclic) bond motifs is 1. The van der Waals surface area contributed by atoms with Gasteiger partial charge in [0.1, 0.15) is 35.3 Å². The molecule has 204 valence electrons. The third-order valence-electron chi connectivity index (χ3n) is 5.92. The third kappa shape index (κ3) is 6.24. The number of carboxylic acids is 1. The Balaban J connectivity index is 1.57. The molecule has 3 N–H and O–H groups in total. The molecule has 0 saturated carbocycles. The zero-order valence-corrected chi connectivity index (χ0v) is 22.0. The lowest BCUT2D eigenvalue weighted by Gasteiger charge is -2.11. The molecule has 0 saturated heterocycles. The topological polar surface area (TPSA) is 148 Å². The first-order valence-electron chi connectivity index (χ1n) is 12.0. The Hall–Kier alpha value is -4.29. The van der Waals surface area contributed by atoms with Gasteiger partial charge in [-0.1, -0.05) is 19.1 Å². The molecule has 0 unspecified atom stereocenters. The van der Waals surface area contributed by atoms with E-state index in [4.69, 9.17) is 9.15 Å². The number of benzene rings is 2. The molecule has 0 aliphatic rings. The number of aromatic carboxylic acids is 1. The summed E-state index contributed by atoms with van der Waals surface area (Å²) in [6.45, 7) is 1.64. The molecule has 4 aromatic rings. The highest BCUT2D eigenvalue weighted by Gasteiger charge is 2.25. The molecule has 0 fully saturated rings. The van der Waals surface area contributed by atoms with Gasteiger partial charge >= 0.3 is 5.97 Å². The number of para-hydroxylation sites is 1. The number of rotatable bonds is 11. The monoisotopic (exact) mass is 555 g/mol. The van der Waals surface area contributed by atoms with Crippen LogP contribution in [0.4, 0.5) is 4.39 Å². The highest BCUT2D eigenvalue weighted by Crippen LogP contribution is 2.34. The third-order valence-corrected chi connectivity index (χ3v) is 7.22. The summed E-state index contributed by atoms with van der Waals surface area (Å²) < 4.78 is 52.9. The Labute approximate surface area is 223 Å². The fourth-order valence-corrected chi connectivity index (χ4v) is 5.15. The number of pyridine rings is 1. The normalized spacial score (nSPS) is 11.5. The second-order valence-corrected chi connectivity index (χ2v) is 10.3. The molecule has 12 heteroatoms. The van der Waals surface area contributed by atoms with Crippen LogP contribution in [0.15, 0.2) is 59.0 Å². The molecule has 0 atom stereocenters. The van der Waals surface area contributed by atoms with Crippen molar-refractivity contribution in [2.45, 2.75) is 19.1 Å². The zero-order chi connectivity index (χ0) is 28.2. The molecule has 10 nitrogen and oxygen atoms in total. The number of ether oxygens (including phenoxy) is 1. The molecule has 2 aromatic heterocycles. The van der Waals surface area contributed by atoms with Crippen LogP contribution in [0.3, 0.4) is 0 Å². The summed E-state index contributed by atoms with van der Waals surface area (Å²) in [5.74, 6) is -2.16. The van der Waals surface area contributed by atoms with Crippen molar-refractivity contribution in [1.29, 1.82) is 0 Å². The Kier molecular flexibility index (Phi) is 8.27. The van der Waals surface area contributed by atoms with E-state index in [9.17, 15) is 27.5 Å². The minimum Gasteiger partial charge on any atom is -0.491 e. The number of nitrogens with one attached hydrogen (secondary N) is 2. The second kappa shape index (κ2) is 11.6. The summed E-state index contributed by atoms with van der Waals surface area (Å²) in [5, 5.41) is 12.2. The van der Waals surface area contributed by atoms with Crippen molar-refractivity contribution >= 4 is 33.0 Å². The van der Waals surface area contributed by atoms with E-state index in [1.165, 1.54) is 43.4 Å². The molecule has 0 aliphatic carbocycles. The first kappa shape index (κ1) is 27.7. The Morgan fingerprint density at radius 3 is 2.51 bits per heavy atom. The average Bonchev–Trinajstić information content (AvgIpc) is 3.28.